The molecule has 2 aromatic rings. The van der Waals surface area contributed by atoms with E-state index >= 15 is 0 Å². The maximum Gasteiger partial charge on any atom is 0.343 e. The van der Waals surface area contributed by atoms with Gasteiger partial charge in [-0.05, 0) is 30.7 Å². The van der Waals surface area contributed by atoms with Gasteiger partial charge in [-0.1, -0.05) is 43.7 Å². The van der Waals surface area contributed by atoms with Gasteiger partial charge in [0.15, 0.2) is 9.79 Å². The molecule has 0 radical (unpaired) electrons. The van der Waals surface area contributed by atoms with Gasteiger partial charge in [0.1, 0.15) is 11.8 Å². The number of ether oxygens (including phenoxy) is 1. The third kappa shape index (κ3) is 4.11. The third-order valence-electron chi connectivity index (χ3n) is 3.26. The number of carbonyl (C=O) groups excluding carboxylic acids is 1. The Balaban J connectivity index is 2.22. The first-order valence-electron chi connectivity index (χ1n) is 7.21. The van der Waals surface area contributed by atoms with E-state index in [2.05, 4.69) is 25.3 Å². The molecule has 0 amide bonds. The molecule has 2 nitrogen and oxygen atoms in total. The second-order valence-electron chi connectivity index (χ2n) is 4.81. The monoisotopic (exact) mass is 301 g/mol. The van der Waals surface area contributed by atoms with Crippen LogP contribution >= 0.6 is 0 Å². The lowest BCUT2D eigenvalue weighted by atomic mass is 10.2. The normalized spacial score (nSPS) is 11.9. The van der Waals surface area contributed by atoms with Crippen LogP contribution in [0.1, 0.15) is 30.1 Å². The summed E-state index contributed by atoms with van der Waals surface area (Å²) in [6.07, 6.45) is 4.08. The molecule has 110 valence electrons. The molecule has 0 saturated heterocycles. The van der Waals surface area contributed by atoms with Gasteiger partial charge in [0.05, 0.1) is 17.5 Å². The molecule has 1 unspecified atom stereocenters. The molecule has 3 heteroatoms. The summed E-state index contributed by atoms with van der Waals surface area (Å²) in [6, 6.07) is 18.0. The standard InChI is InChI=1S/C18H21O2S/c1-3-4-14-20-18(19)16-12-8-9-13-17(16)21(2)15-10-6-5-7-11-15/h5-13H,3-4,14H2,1-2H3/q+1. The van der Waals surface area contributed by atoms with Crippen molar-refractivity contribution in [1.82, 2.24) is 0 Å². The fourth-order valence-electron chi connectivity index (χ4n) is 2.04. The van der Waals surface area contributed by atoms with Crippen LogP contribution in [-0.4, -0.2) is 18.8 Å². The van der Waals surface area contributed by atoms with Gasteiger partial charge < -0.3 is 4.74 Å². The molecule has 2 aromatic carbocycles. The Bertz CT molecular complexity index is 581. The van der Waals surface area contributed by atoms with Gasteiger partial charge in [0.2, 0.25) is 0 Å². The van der Waals surface area contributed by atoms with Gasteiger partial charge in [-0.3, -0.25) is 0 Å². The summed E-state index contributed by atoms with van der Waals surface area (Å²) in [6.45, 7) is 2.58. The van der Waals surface area contributed by atoms with Gasteiger partial charge in [-0.25, -0.2) is 4.79 Å². The van der Waals surface area contributed by atoms with Crippen molar-refractivity contribution in [3.8, 4) is 0 Å². The van der Waals surface area contributed by atoms with E-state index in [9.17, 15) is 4.79 Å². The van der Waals surface area contributed by atoms with Crippen LogP contribution in [0.4, 0.5) is 0 Å². The summed E-state index contributed by atoms with van der Waals surface area (Å²) in [5.41, 5.74) is 0.684. The molecule has 0 fully saturated rings. The lowest BCUT2D eigenvalue weighted by molar-refractivity contribution is 0.0495. The molecule has 2 rings (SSSR count). The highest BCUT2D eigenvalue weighted by Crippen LogP contribution is 2.24. The average molecular weight is 301 g/mol. The van der Waals surface area contributed by atoms with Gasteiger partial charge in [0.25, 0.3) is 0 Å². The number of rotatable bonds is 6. The highest BCUT2D eigenvalue weighted by Gasteiger charge is 2.26. The maximum atomic E-state index is 12.3. The van der Waals surface area contributed by atoms with Crippen LogP contribution < -0.4 is 0 Å². The number of unbranched alkanes of at least 4 members (excludes halogenated alkanes) is 1. The highest BCUT2D eigenvalue weighted by molar-refractivity contribution is 7.96. The average Bonchev–Trinajstić information content (AvgIpc) is 2.55. The Kier molecular flexibility index (Phi) is 5.88. The van der Waals surface area contributed by atoms with Crippen molar-refractivity contribution in [3.05, 3.63) is 60.2 Å². The first-order valence-corrected chi connectivity index (χ1v) is 8.84. The first kappa shape index (κ1) is 15.6. The summed E-state index contributed by atoms with van der Waals surface area (Å²) < 4.78 is 5.36. The first-order chi connectivity index (χ1) is 10.2. The summed E-state index contributed by atoms with van der Waals surface area (Å²) in [7, 11) is -0.137. The molecule has 0 saturated carbocycles. The van der Waals surface area contributed by atoms with E-state index in [-0.39, 0.29) is 16.9 Å². The van der Waals surface area contributed by atoms with Crippen LogP contribution in [0.15, 0.2) is 64.4 Å². The fourth-order valence-corrected chi connectivity index (χ4v) is 3.62. The van der Waals surface area contributed by atoms with Crippen molar-refractivity contribution >= 4 is 16.9 Å². The predicted molar refractivity (Wildman–Crippen MR) is 87.9 cm³/mol. The molecule has 0 aliphatic heterocycles. The van der Waals surface area contributed by atoms with E-state index in [0.717, 1.165) is 17.7 Å². The minimum atomic E-state index is -0.214. The SMILES string of the molecule is CCCCOC(=O)c1ccccc1[S+](C)c1ccccc1. The molecule has 0 bridgehead atoms. The number of esters is 1. The number of hydrogen-bond donors (Lipinski definition) is 0. The quantitative estimate of drug-likeness (QED) is 0.451. The zero-order chi connectivity index (χ0) is 15.1. The number of hydrogen-bond acceptors (Lipinski definition) is 2. The summed E-state index contributed by atoms with van der Waals surface area (Å²) >= 11 is 0. The number of benzene rings is 2. The minimum absolute atomic E-state index is 0.137. The summed E-state index contributed by atoms with van der Waals surface area (Å²) in [5, 5.41) is 0. The zero-order valence-electron chi connectivity index (χ0n) is 12.5. The Hall–Kier alpha value is -1.74. The van der Waals surface area contributed by atoms with Crippen LogP contribution in [0.25, 0.3) is 0 Å². The van der Waals surface area contributed by atoms with E-state index in [1.807, 2.05) is 42.5 Å². The lowest BCUT2D eigenvalue weighted by Crippen LogP contribution is -2.12. The predicted octanol–water partition coefficient (Wildman–Crippen LogP) is 4.31. The molecular formula is C18H21O2S+. The van der Waals surface area contributed by atoms with Gasteiger partial charge in [0, 0.05) is 0 Å². The van der Waals surface area contributed by atoms with Crippen LogP contribution in [-0.2, 0) is 15.6 Å². The molecule has 21 heavy (non-hydrogen) atoms. The van der Waals surface area contributed by atoms with E-state index in [1.54, 1.807) is 0 Å². The molecular weight excluding hydrogens is 280 g/mol. The Morgan fingerprint density at radius 1 is 1.05 bits per heavy atom. The van der Waals surface area contributed by atoms with Gasteiger partial charge in [-0.2, -0.15) is 0 Å². The molecule has 0 spiro atoms. The molecule has 0 heterocycles. The van der Waals surface area contributed by atoms with Gasteiger partial charge in [-0.15, -0.1) is 0 Å². The Morgan fingerprint density at radius 2 is 1.71 bits per heavy atom. The maximum absolute atomic E-state index is 12.3. The van der Waals surface area contributed by atoms with Crippen molar-refractivity contribution in [2.24, 2.45) is 0 Å². The molecule has 0 aliphatic carbocycles. The number of carbonyl (C=O) groups is 1. The van der Waals surface area contributed by atoms with Crippen molar-refractivity contribution in [2.45, 2.75) is 29.6 Å². The molecule has 0 N–H and O–H groups in total. The zero-order valence-corrected chi connectivity index (χ0v) is 13.4. The van der Waals surface area contributed by atoms with E-state index in [1.165, 1.54) is 4.90 Å². The van der Waals surface area contributed by atoms with Crippen molar-refractivity contribution in [2.75, 3.05) is 12.9 Å². The lowest BCUT2D eigenvalue weighted by Gasteiger charge is -2.08. The molecule has 1 atom stereocenters. The van der Waals surface area contributed by atoms with E-state index in [0.29, 0.717) is 12.2 Å². The molecule has 0 aromatic heterocycles. The van der Waals surface area contributed by atoms with Crippen molar-refractivity contribution in [3.63, 3.8) is 0 Å². The third-order valence-corrected chi connectivity index (χ3v) is 5.26. The second-order valence-corrected chi connectivity index (χ2v) is 6.74. The fraction of sp³-hybridized carbons (Fsp3) is 0.278. The van der Waals surface area contributed by atoms with Crippen molar-refractivity contribution in [1.29, 1.82) is 0 Å². The summed E-state index contributed by atoms with van der Waals surface area (Å²) in [5.74, 6) is -0.214. The van der Waals surface area contributed by atoms with Crippen LogP contribution in [0, 0.1) is 0 Å². The van der Waals surface area contributed by atoms with Gasteiger partial charge >= 0.3 is 5.97 Å². The second kappa shape index (κ2) is 7.89. The smallest absolute Gasteiger partial charge is 0.343 e. The van der Waals surface area contributed by atoms with Crippen LogP contribution in [0.5, 0.6) is 0 Å². The van der Waals surface area contributed by atoms with Crippen LogP contribution in [0.2, 0.25) is 0 Å². The van der Waals surface area contributed by atoms with E-state index < -0.39 is 0 Å². The Labute approximate surface area is 129 Å². The largest absolute Gasteiger partial charge is 0.462 e. The van der Waals surface area contributed by atoms with Crippen LogP contribution in [0.3, 0.4) is 0 Å². The minimum Gasteiger partial charge on any atom is -0.462 e. The van der Waals surface area contributed by atoms with E-state index in [4.69, 9.17) is 4.74 Å². The highest BCUT2D eigenvalue weighted by atomic mass is 32.2. The Morgan fingerprint density at radius 3 is 2.43 bits per heavy atom. The molecule has 0 aliphatic rings. The topological polar surface area (TPSA) is 26.3 Å². The van der Waals surface area contributed by atoms with Crippen molar-refractivity contribution < 1.29 is 9.53 Å². The summed E-state index contributed by atoms with van der Waals surface area (Å²) in [4.78, 5) is 14.5.